The maximum atomic E-state index is 13.5. The van der Waals surface area contributed by atoms with Crippen molar-refractivity contribution in [1.82, 2.24) is 4.98 Å². The van der Waals surface area contributed by atoms with E-state index in [0.717, 1.165) is 11.2 Å². The van der Waals surface area contributed by atoms with Gasteiger partial charge in [0, 0.05) is 29.4 Å². The quantitative estimate of drug-likeness (QED) is 0.805. The Balaban J connectivity index is 2.15. The molecular weight excluding hydrogens is 252 g/mol. The number of carbonyl (C=O) groups is 1. The predicted molar refractivity (Wildman–Crippen MR) is 66.6 cm³/mol. The largest absolute Gasteiger partial charge is 0.465 e. The molecule has 19 heavy (non-hydrogen) atoms. The van der Waals surface area contributed by atoms with Gasteiger partial charge in [0.15, 0.2) is 0 Å². The van der Waals surface area contributed by atoms with Gasteiger partial charge in [-0.25, -0.2) is 13.6 Å². The molecule has 3 rings (SSSR count). The zero-order chi connectivity index (χ0) is 13.6. The number of alkyl halides is 2. The highest BCUT2D eigenvalue weighted by molar-refractivity contribution is 5.96. The molecule has 3 nitrogen and oxygen atoms in total. The van der Waals surface area contributed by atoms with Crippen LogP contribution in [-0.2, 0) is 17.6 Å². The SMILES string of the molecule is COC(=O)c1ccc2[nH]c3c(c2c1)CC(F)(F)CC3. The minimum absolute atomic E-state index is 0.128. The van der Waals surface area contributed by atoms with E-state index in [4.69, 9.17) is 0 Å². The molecule has 0 unspecified atom stereocenters. The number of methoxy groups -OCH3 is 1. The van der Waals surface area contributed by atoms with Crippen molar-refractivity contribution in [2.45, 2.75) is 25.2 Å². The standard InChI is InChI=1S/C14H13F2NO2/c1-19-13(18)8-2-3-11-9(6-8)10-7-14(15,16)5-4-12(10)17-11/h2-3,6,17H,4-5,7H2,1H3. The first kappa shape index (κ1) is 12.1. The minimum Gasteiger partial charge on any atom is -0.465 e. The van der Waals surface area contributed by atoms with Crippen LogP contribution in [0.3, 0.4) is 0 Å². The van der Waals surface area contributed by atoms with Gasteiger partial charge in [0.25, 0.3) is 5.92 Å². The van der Waals surface area contributed by atoms with Crippen LogP contribution < -0.4 is 0 Å². The van der Waals surface area contributed by atoms with Gasteiger partial charge in [0.05, 0.1) is 12.7 Å². The molecule has 0 bridgehead atoms. The van der Waals surface area contributed by atoms with Crippen molar-refractivity contribution >= 4 is 16.9 Å². The van der Waals surface area contributed by atoms with Gasteiger partial charge >= 0.3 is 5.97 Å². The second-order valence-corrected chi connectivity index (χ2v) is 4.87. The number of rotatable bonds is 1. The van der Waals surface area contributed by atoms with Crippen LogP contribution in [0.1, 0.15) is 28.0 Å². The zero-order valence-corrected chi connectivity index (χ0v) is 10.4. The van der Waals surface area contributed by atoms with E-state index in [-0.39, 0.29) is 12.8 Å². The molecule has 2 aromatic rings. The van der Waals surface area contributed by atoms with Gasteiger partial charge in [0.1, 0.15) is 0 Å². The first-order chi connectivity index (χ1) is 9.00. The highest BCUT2D eigenvalue weighted by atomic mass is 19.3. The molecule has 1 aliphatic rings. The lowest BCUT2D eigenvalue weighted by atomic mass is 9.92. The van der Waals surface area contributed by atoms with Crippen LogP contribution in [0.5, 0.6) is 0 Å². The topological polar surface area (TPSA) is 42.1 Å². The number of benzene rings is 1. The molecule has 0 aliphatic heterocycles. The molecule has 1 aromatic heterocycles. The number of hydrogen-bond acceptors (Lipinski definition) is 2. The molecule has 0 saturated carbocycles. The first-order valence-electron chi connectivity index (χ1n) is 6.10. The highest BCUT2D eigenvalue weighted by Crippen LogP contribution is 2.37. The molecule has 0 radical (unpaired) electrons. The average molecular weight is 265 g/mol. The minimum atomic E-state index is -2.66. The fourth-order valence-electron chi connectivity index (χ4n) is 2.62. The summed E-state index contributed by atoms with van der Waals surface area (Å²) in [5.74, 6) is -3.12. The summed E-state index contributed by atoms with van der Waals surface area (Å²) in [7, 11) is 1.30. The van der Waals surface area contributed by atoms with E-state index in [1.54, 1.807) is 18.2 Å². The summed E-state index contributed by atoms with van der Waals surface area (Å²) in [6.07, 6.45) is -0.0613. The van der Waals surface area contributed by atoms with E-state index in [1.807, 2.05) is 0 Å². The number of nitrogens with one attached hydrogen (secondary N) is 1. The molecule has 1 N–H and O–H groups in total. The molecule has 0 amide bonds. The van der Waals surface area contributed by atoms with Gasteiger partial charge < -0.3 is 9.72 Å². The second kappa shape index (κ2) is 4.05. The summed E-state index contributed by atoms with van der Waals surface area (Å²) in [6, 6.07) is 4.99. The van der Waals surface area contributed by atoms with E-state index in [1.165, 1.54) is 7.11 Å². The Morgan fingerprint density at radius 3 is 2.95 bits per heavy atom. The van der Waals surface area contributed by atoms with Gasteiger partial charge in [0.2, 0.25) is 0 Å². The maximum Gasteiger partial charge on any atom is 0.337 e. The van der Waals surface area contributed by atoms with E-state index in [2.05, 4.69) is 9.72 Å². The van der Waals surface area contributed by atoms with Crippen LogP contribution in [0, 0.1) is 0 Å². The van der Waals surface area contributed by atoms with Crippen LogP contribution in [0.4, 0.5) is 8.78 Å². The van der Waals surface area contributed by atoms with E-state index in [9.17, 15) is 13.6 Å². The molecule has 1 heterocycles. The van der Waals surface area contributed by atoms with Crippen molar-refractivity contribution in [1.29, 1.82) is 0 Å². The summed E-state index contributed by atoms with van der Waals surface area (Å²) in [6.45, 7) is 0. The molecule has 0 spiro atoms. The third kappa shape index (κ3) is 1.99. The molecule has 5 heteroatoms. The summed E-state index contributed by atoms with van der Waals surface area (Å²) >= 11 is 0. The predicted octanol–water partition coefficient (Wildman–Crippen LogP) is 3.08. The number of hydrogen-bond donors (Lipinski definition) is 1. The Kier molecular flexibility index (Phi) is 2.59. The van der Waals surface area contributed by atoms with Gasteiger partial charge in [-0.15, -0.1) is 0 Å². The third-order valence-electron chi connectivity index (χ3n) is 3.59. The monoisotopic (exact) mass is 265 g/mol. The number of esters is 1. The number of ether oxygens (including phenoxy) is 1. The molecule has 100 valence electrons. The molecule has 0 fully saturated rings. The van der Waals surface area contributed by atoms with Crippen molar-refractivity contribution < 1.29 is 18.3 Å². The Labute approximate surface area is 108 Å². The lowest BCUT2D eigenvalue weighted by Gasteiger charge is -2.21. The smallest absolute Gasteiger partial charge is 0.337 e. The number of halogens is 2. The van der Waals surface area contributed by atoms with Crippen LogP contribution in [-0.4, -0.2) is 24.0 Å². The van der Waals surface area contributed by atoms with Crippen LogP contribution in [0.2, 0.25) is 0 Å². The Morgan fingerprint density at radius 2 is 2.21 bits per heavy atom. The van der Waals surface area contributed by atoms with Gasteiger partial charge in [-0.05, 0) is 30.2 Å². The van der Waals surface area contributed by atoms with Crippen molar-refractivity contribution in [2.75, 3.05) is 7.11 Å². The number of aromatic nitrogens is 1. The van der Waals surface area contributed by atoms with Crippen molar-refractivity contribution in [3.8, 4) is 0 Å². The first-order valence-corrected chi connectivity index (χ1v) is 6.10. The number of H-pyrrole nitrogens is 1. The third-order valence-corrected chi connectivity index (χ3v) is 3.59. The van der Waals surface area contributed by atoms with Crippen molar-refractivity contribution in [3.63, 3.8) is 0 Å². The van der Waals surface area contributed by atoms with Crippen molar-refractivity contribution in [2.24, 2.45) is 0 Å². The highest BCUT2D eigenvalue weighted by Gasteiger charge is 2.35. The number of aromatic amines is 1. The summed E-state index contributed by atoms with van der Waals surface area (Å²) in [4.78, 5) is 14.6. The maximum absolute atomic E-state index is 13.5. The molecule has 0 atom stereocenters. The van der Waals surface area contributed by atoms with E-state index >= 15 is 0 Å². The summed E-state index contributed by atoms with van der Waals surface area (Å²) < 4.78 is 31.7. The van der Waals surface area contributed by atoms with E-state index in [0.29, 0.717) is 22.9 Å². The molecular formula is C14H13F2NO2. The number of aryl methyl sites for hydroxylation is 1. The molecule has 0 saturated heterocycles. The van der Waals surface area contributed by atoms with Gasteiger partial charge in [-0.1, -0.05) is 0 Å². The Morgan fingerprint density at radius 1 is 1.42 bits per heavy atom. The lowest BCUT2D eigenvalue weighted by Crippen LogP contribution is -2.25. The fourth-order valence-corrected chi connectivity index (χ4v) is 2.62. The average Bonchev–Trinajstić information content (AvgIpc) is 2.73. The summed E-state index contributed by atoms with van der Waals surface area (Å²) in [5, 5.41) is 0.692. The van der Waals surface area contributed by atoms with Crippen LogP contribution >= 0.6 is 0 Å². The normalized spacial score (nSPS) is 17.2. The molecule has 1 aliphatic carbocycles. The second-order valence-electron chi connectivity index (χ2n) is 4.87. The number of carbonyl (C=O) groups excluding carboxylic acids is 1. The Hall–Kier alpha value is -1.91. The lowest BCUT2D eigenvalue weighted by molar-refractivity contribution is -0.0121. The summed E-state index contributed by atoms with van der Waals surface area (Å²) in [5.41, 5.74) is 2.64. The van der Waals surface area contributed by atoms with E-state index < -0.39 is 11.9 Å². The Bertz CT molecular complexity index is 661. The van der Waals surface area contributed by atoms with Crippen LogP contribution in [0.15, 0.2) is 18.2 Å². The van der Waals surface area contributed by atoms with Crippen molar-refractivity contribution in [3.05, 3.63) is 35.0 Å². The van der Waals surface area contributed by atoms with Crippen LogP contribution in [0.25, 0.3) is 10.9 Å². The van der Waals surface area contributed by atoms with Gasteiger partial charge in [-0.3, -0.25) is 0 Å². The zero-order valence-electron chi connectivity index (χ0n) is 10.4. The number of fused-ring (bicyclic) bond motifs is 3. The fraction of sp³-hybridized carbons (Fsp3) is 0.357. The molecule has 1 aromatic carbocycles. The van der Waals surface area contributed by atoms with Gasteiger partial charge in [-0.2, -0.15) is 0 Å².